The molecule has 0 amide bonds. The topological polar surface area (TPSA) is 81.8 Å². The van der Waals surface area contributed by atoms with Crippen molar-refractivity contribution in [3.63, 3.8) is 0 Å². The monoisotopic (exact) mass is 355 g/mol. The summed E-state index contributed by atoms with van der Waals surface area (Å²) in [6.07, 6.45) is 3.40. The molecule has 0 saturated carbocycles. The minimum atomic E-state index is -1.30. The van der Waals surface area contributed by atoms with Crippen LogP contribution in [0.4, 0.5) is 0 Å². The van der Waals surface area contributed by atoms with Gasteiger partial charge in [-0.3, -0.25) is 4.79 Å². The lowest BCUT2D eigenvalue weighted by Crippen LogP contribution is -2.55. The van der Waals surface area contributed by atoms with Crippen LogP contribution in [-0.2, 0) is 14.3 Å². The van der Waals surface area contributed by atoms with Crippen LogP contribution in [0.5, 0.6) is 0 Å². The van der Waals surface area contributed by atoms with Crippen LogP contribution in [0.25, 0.3) is 0 Å². The van der Waals surface area contributed by atoms with Crippen LogP contribution in [0.2, 0.25) is 0 Å². The van der Waals surface area contributed by atoms with Crippen molar-refractivity contribution in [2.45, 2.75) is 77.5 Å². The number of hydrogen-bond acceptors (Lipinski definition) is 5. The van der Waals surface area contributed by atoms with E-state index in [0.29, 0.717) is 12.2 Å². The first-order valence-corrected chi connectivity index (χ1v) is 9.32. The van der Waals surface area contributed by atoms with Crippen LogP contribution in [-0.4, -0.2) is 41.9 Å². The Morgan fingerprint density at radius 2 is 1.88 bits per heavy atom. The molecule has 0 aromatic carbocycles. The minimum absolute atomic E-state index is 0.0408. The van der Waals surface area contributed by atoms with Gasteiger partial charge in [0.25, 0.3) is 0 Å². The SMILES string of the molecule is C=C1OC[C@@](C)(O)[C@H](N)[C@@H](C)C(=O)[C@H](C)C[C@@](C)(OC)CCC[C@H]1C. The molecule has 0 radical (unpaired) electrons. The number of ketones is 1. The summed E-state index contributed by atoms with van der Waals surface area (Å²) in [7, 11) is 1.70. The Morgan fingerprint density at radius 3 is 2.44 bits per heavy atom. The number of rotatable bonds is 1. The summed E-state index contributed by atoms with van der Waals surface area (Å²) >= 11 is 0. The van der Waals surface area contributed by atoms with E-state index in [2.05, 4.69) is 20.4 Å². The van der Waals surface area contributed by atoms with Crippen LogP contribution >= 0.6 is 0 Å². The molecule has 0 bridgehead atoms. The van der Waals surface area contributed by atoms with Gasteiger partial charge in [-0.1, -0.05) is 27.4 Å². The van der Waals surface area contributed by atoms with Crippen molar-refractivity contribution in [2.24, 2.45) is 23.5 Å². The minimum Gasteiger partial charge on any atom is -0.495 e. The lowest BCUT2D eigenvalue weighted by molar-refractivity contribution is -0.133. The quantitative estimate of drug-likeness (QED) is 0.755. The number of ether oxygens (including phenoxy) is 2. The summed E-state index contributed by atoms with van der Waals surface area (Å²) in [5.74, 6) is 0.241. The smallest absolute Gasteiger partial charge is 0.140 e. The number of nitrogens with two attached hydrogens (primary N) is 1. The first-order chi connectivity index (χ1) is 11.4. The van der Waals surface area contributed by atoms with Crippen LogP contribution in [0.15, 0.2) is 12.3 Å². The molecule has 1 aliphatic heterocycles. The Hall–Kier alpha value is -0.910. The average molecular weight is 356 g/mol. The van der Waals surface area contributed by atoms with Gasteiger partial charge >= 0.3 is 0 Å². The van der Waals surface area contributed by atoms with Gasteiger partial charge in [0, 0.05) is 30.9 Å². The van der Waals surface area contributed by atoms with Crippen molar-refractivity contribution < 1.29 is 19.4 Å². The zero-order chi connectivity index (χ0) is 19.4. The van der Waals surface area contributed by atoms with Gasteiger partial charge < -0.3 is 20.3 Å². The van der Waals surface area contributed by atoms with E-state index in [1.165, 1.54) is 0 Å². The molecule has 1 rings (SSSR count). The number of allylic oxidation sites excluding steroid dienone is 1. The van der Waals surface area contributed by atoms with E-state index < -0.39 is 17.6 Å². The summed E-state index contributed by atoms with van der Waals surface area (Å²) < 4.78 is 11.4. The molecule has 0 spiro atoms. The standard InChI is InChI=1S/C20H37NO4/c1-13-9-8-10-19(5,24-7)11-14(2)17(22)15(3)18(21)20(6,23)12-25-16(13)4/h13-15,18,23H,4,8-12,21H2,1-3,5-7H3/t13-,14-,15+,18-,19+,20-/m1/s1. The predicted octanol–water partition coefficient (Wildman–Crippen LogP) is 3.05. The van der Waals surface area contributed by atoms with E-state index in [-0.39, 0.29) is 29.8 Å². The Bertz CT molecular complexity index is 476. The van der Waals surface area contributed by atoms with Crippen molar-refractivity contribution in [1.29, 1.82) is 0 Å². The highest BCUT2D eigenvalue weighted by Gasteiger charge is 2.40. The molecule has 5 heteroatoms. The fourth-order valence-electron chi connectivity index (χ4n) is 3.62. The Morgan fingerprint density at radius 1 is 1.28 bits per heavy atom. The number of Topliss-reactive ketones (excluding diaryl/α,β-unsaturated/α-hetero) is 1. The number of methoxy groups -OCH3 is 1. The lowest BCUT2D eigenvalue weighted by Gasteiger charge is -2.37. The maximum Gasteiger partial charge on any atom is 0.140 e. The molecule has 1 aliphatic rings. The molecular formula is C20H37NO4. The summed E-state index contributed by atoms with van der Waals surface area (Å²) in [6.45, 7) is 13.5. The van der Waals surface area contributed by atoms with Gasteiger partial charge in [-0.2, -0.15) is 0 Å². The Kier molecular flexibility index (Phi) is 7.66. The first-order valence-electron chi connectivity index (χ1n) is 9.32. The van der Waals surface area contributed by atoms with Crippen molar-refractivity contribution in [2.75, 3.05) is 13.7 Å². The van der Waals surface area contributed by atoms with Gasteiger partial charge in [-0.05, 0) is 39.5 Å². The van der Waals surface area contributed by atoms with E-state index in [9.17, 15) is 9.90 Å². The van der Waals surface area contributed by atoms with Gasteiger partial charge in [0.1, 0.15) is 18.0 Å². The third kappa shape index (κ3) is 5.80. The Labute approximate surface area is 153 Å². The Balaban J connectivity index is 3.07. The molecule has 5 nitrogen and oxygen atoms in total. The van der Waals surface area contributed by atoms with E-state index in [4.69, 9.17) is 15.2 Å². The number of carbonyl (C=O) groups excluding carboxylic acids is 1. The van der Waals surface area contributed by atoms with Gasteiger partial charge in [0.2, 0.25) is 0 Å². The second kappa shape index (κ2) is 8.65. The third-order valence-electron chi connectivity index (χ3n) is 5.86. The highest BCUT2D eigenvalue weighted by molar-refractivity contribution is 5.83. The molecule has 1 saturated heterocycles. The van der Waals surface area contributed by atoms with E-state index in [1.54, 1.807) is 21.0 Å². The molecule has 0 aromatic rings. The molecule has 0 aromatic heterocycles. The molecule has 0 unspecified atom stereocenters. The van der Waals surface area contributed by atoms with Gasteiger partial charge in [-0.25, -0.2) is 0 Å². The highest BCUT2D eigenvalue weighted by Crippen LogP contribution is 2.32. The molecule has 146 valence electrons. The van der Waals surface area contributed by atoms with E-state index >= 15 is 0 Å². The van der Waals surface area contributed by atoms with Crippen molar-refractivity contribution in [3.05, 3.63) is 12.3 Å². The molecule has 0 aliphatic carbocycles. The maximum absolute atomic E-state index is 12.8. The molecule has 25 heavy (non-hydrogen) atoms. The molecular weight excluding hydrogens is 318 g/mol. The first kappa shape index (κ1) is 22.1. The van der Waals surface area contributed by atoms with Gasteiger partial charge in [-0.15, -0.1) is 0 Å². The zero-order valence-electron chi connectivity index (χ0n) is 16.8. The molecule has 6 atom stereocenters. The normalized spacial score (nSPS) is 42.6. The van der Waals surface area contributed by atoms with Gasteiger partial charge in [0.15, 0.2) is 0 Å². The lowest BCUT2D eigenvalue weighted by atomic mass is 9.78. The number of carbonyl (C=O) groups is 1. The van der Waals surface area contributed by atoms with Crippen molar-refractivity contribution in [3.8, 4) is 0 Å². The van der Waals surface area contributed by atoms with E-state index in [1.807, 2.05) is 6.92 Å². The molecule has 3 N–H and O–H groups in total. The van der Waals surface area contributed by atoms with Crippen LogP contribution < -0.4 is 5.73 Å². The molecule has 1 heterocycles. The zero-order valence-corrected chi connectivity index (χ0v) is 16.8. The summed E-state index contributed by atoms with van der Waals surface area (Å²) in [5.41, 5.74) is 4.57. The highest BCUT2D eigenvalue weighted by atomic mass is 16.5. The summed E-state index contributed by atoms with van der Waals surface area (Å²) in [5, 5.41) is 10.7. The van der Waals surface area contributed by atoms with Crippen LogP contribution in [0.3, 0.4) is 0 Å². The van der Waals surface area contributed by atoms with Crippen molar-refractivity contribution in [1.82, 2.24) is 0 Å². The average Bonchev–Trinajstić information content (AvgIpc) is 2.56. The van der Waals surface area contributed by atoms with E-state index in [0.717, 1.165) is 19.3 Å². The number of hydrogen-bond donors (Lipinski definition) is 2. The maximum atomic E-state index is 12.8. The fraction of sp³-hybridized carbons (Fsp3) is 0.850. The van der Waals surface area contributed by atoms with Crippen molar-refractivity contribution >= 4 is 5.78 Å². The summed E-state index contributed by atoms with van der Waals surface area (Å²) in [6, 6.07) is -0.706. The van der Waals surface area contributed by atoms with Gasteiger partial charge in [0.05, 0.1) is 11.4 Å². The van der Waals surface area contributed by atoms with Crippen LogP contribution in [0, 0.1) is 17.8 Å². The predicted molar refractivity (Wildman–Crippen MR) is 100 cm³/mol. The summed E-state index contributed by atoms with van der Waals surface area (Å²) in [4.78, 5) is 12.8. The number of aliphatic hydroxyl groups is 1. The van der Waals surface area contributed by atoms with Crippen LogP contribution in [0.1, 0.15) is 60.3 Å². The second-order valence-electron chi connectivity index (χ2n) is 8.38. The second-order valence-corrected chi connectivity index (χ2v) is 8.38. The fourth-order valence-corrected chi connectivity index (χ4v) is 3.62. The molecule has 1 fully saturated rings. The largest absolute Gasteiger partial charge is 0.495 e. The third-order valence-corrected chi connectivity index (χ3v) is 5.86.